The van der Waals surface area contributed by atoms with E-state index in [1.54, 1.807) is 17.1 Å². The fraction of sp³-hybridized carbons (Fsp3) is 0.250. The average molecular weight is 334 g/mol. The quantitative estimate of drug-likeness (QED) is 0.776. The van der Waals surface area contributed by atoms with Gasteiger partial charge in [-0.05, 0) is 40.8 Å². The molecule has 0 bridgehead atoms. The van der Waals surface area contributed by atoms with Gasteiger partial charge in [0.15, 0.2) is 5.69 Å². The molecule has 1 amide bonds. The van der Waals surface area contributed by atoms with Crippen LogP contribution < -0.4 is 5.32 Å². The summed E-state index contributed by atoms with van der Waals surface area (Å²) in [5.74, 6) is 0.313. The summed E-state index contributed by atoms with van der Waals surface area (Å²) in [6, 6.07) is 14.0. The van der Waals surface area contributed by atoms with E-state index in [9.17, 15) is 4.79 Å². The molecule has 128 valence electrons. The van der Waals surface area contributed by atoms with Gasteiger partial charge in [-0.2, -0.15) is 5.10 Å². The molecule has 0 saturated carbocycles. The van der Waals surface area contributed by atoms with Crippen LogP contribution in [0.5, 0.6) is 0 Å². The van der Waals surface area contributed by atoms with E-state index in [-0.39, 0.29) is 5.91 Å². The van der Waals surface area contributed by atoms with Crippen molar-refractivity contribution in [3.63, 3.8) is 0 Å². The Kier molecular flexibility index (Phi) is 4.93. The van der Waals surface area contributed by atoms with Crippen molar-refractivity contribution in [2.75, 3.05) is 0 Å². The van der Waals surface area contributed by atoms with Gasteiger partial charge < -0.3 is 5.32 Å². The fourth-order valence-electron chi connectivity index (χ4n) is 2.66. The largest absolute Gasteiger partial charge is 0.347 e. The number of benzene rings is 1. The molecule has 25 heavy (non-hydrogen) atoms. The second-order valence-corrected chi connectivity index (χ2v) is 6.35. The molecule has 0 atom stereocenters. The van der Waals surface area contributed by atoms with Crippen LogP contribution in [0.3, 0.4) is 0 Å². The third-order valence-electron chi connectivity index (χ3n) is 4.19. The van der Waals surface area contributed by atoms with Gasteiger partial charge in [-0.15, -0.1) is 0 Å². The van der Waals surface area contributed by atoms with Crippen LogP contribution >= 0.6 is 0 Å². The third kappa shape index (κ3) is 3.94. The van der Waals surface area contributed by atoms with E-state index in [1.807, 2.05) is 25.2 Å². The molecule has 2 heterocycles. The molecular weight excluding hydrogens is 312 g/mol. The number of hydrogen-bond acceptors (Lipinski definition) is 3. The van der Waals surface area contributed by atoms with Gasteiger partial charge in [-0.1, -0.05) is 38.1 Å². The number of nitrogens with zero attached hydrogens (tertiary/aromatic N) is 3. The first-order valence-electron chi connectivity index (χ1n) is 8.36. The Labute approximate surface area is 147 Å². The van der Waals surface area contributed by atoms with Crippen molar-refractivity contribution in [1.29, 1.82) is 0 Å². The molecule has 0 spiro atoms. The molecular formula is C20H22N4O. The van der Waals surface area contributed by atoms with Crippen molar-refractivity contribution >= 4 is 5.91 Å². The third-order valence-corrected chi connectivity index (χ3v) is 4.19. The summed E-state index contributed by atoms with van der Waals surface area (Å²) in [4.78, 5) is 16.3. The highest BCUT2D eigenvalue weighted by atomic mass is 16.1. The van der Waals surface area contributed by atoms with E-state index in [2.05, 4.69) is 53.5 Å². The van der Waals surface area contributed by atoms with E-state index in [1.165, 1.54) is 5.56 Å². The predicted molar refractivity (Wildman–Crippen MR) is 98.1 cm³/mol. The Morgan fingerprint density at radius 1 is 1.12 bits per heavy atom. The molecule has 1 N–H and O–H groups in total. The lowest BCUT2D eigenvalue weighted by atomic mass is 10.0. The second-order valence-electron chi connectivity index (χ2n) is 6.35. The van der Waals surface area contributed by atoms with Crippen LogP contribution in [0.25, 0.3) is 11.3 Å². The number of pyridine rings is 1. The van der Waals surface area contributed by atoms with Crippen LogP contribution in [0.4, 0.5) is 0 Å². The van der Waals surface area contributed by atoms with Crippen molar-refractivity contribution in [3.05, 3.63) is 71.7 Å². The van der Waals surface area contributed by atoms with Gasteiger partial charge in [-0.3, -0.25) is 14.5 Å². The molecule has 3 aromatic rings. The maximum absolute atomic E-state index is 12.4. The molecule has 1 aromatic carbocycles. The normalized spacial score (nSPS) is 10.9. The molecule has 2 aromatic heterocycles. The number of rotatable bonds is 5. The minimum Gasteiger partial charge on any atom is -0.347 e. The summed E-state index contributed by atoms with van der Waals surface area (Å²) in [6.07, 6.45) is 3.42. The van der Waals surface area contributed by atoms with Crippen LogP contribution in [0.1, 0.15) is 41.4 Å². The molecule has 0 radical (unpaired) electrons. The average Bonchev–Trinajstić information content (AvgIpc) is 3.02. The van der Waals surface area contributed by atoms with Gasteiger partial charge >= 0.3 is 0 Å². The Morgan fingerprint density at radius 3 is 2.44 bits per heavy atom. The standard InChI is InChI=1S/C20H22N4O/c1-14(2)16-4-6-17(7-5-16)19-12-18(23-24(19)3)20(25)22-13-15-8-10-21-11-9-15/h4-12,14H,13H2,1-3H3,(H,22,25). The summed E-state index contributed by atoms with van der Waals surface area (Å²) in [6.45, 7) is 4.80. The minimum absolute atomic E-state index is 0.183. The number of hydrogen-bond donors (Lipinski definition) is 1. The lowest BCUT2D eigenvalue weighted by Gasteiger charge is -2.06. The van der Waals surface area contributed by atoms with Gasteiger partial charge in [-0.25, -0.2) is 0 Å². The number of nitrogens with one attached hydrogen (secondary N) is 1. The molecule has 0 unspecified atom stereocenters. The maximum Gasteiger partial charge on any atom is 0.272 e. The Morgan fingerprint density at radius 2 is 1.80 bits per heavy atom. The number of carbonyl (C=O) groups excluding carboxylic acids is 1. The van der Waals surface area contributed by atoms with Gasteiger partial charge in [0, 0.05) is 26.0 Å². The monoisotopic (exact) mass is 334 g/mol. The second kappa shape index (κ2) is 7.30. The van der Waals surface area contributed by atoms with Crippen molar-refractivity contribution in [2.24, 2.45) is 7.05 Å². The lowest BCUT2D eigenvalue weighted by molar-refractivity contribution is 0.0945. The van der Waals surface area contributed by atoms with Crippen LogP contribution in [-0.4, -0.2) is 20.7 Å². The van der Waals surface area contributed by atoms with Crippen molar-refractivity contribution < 1.29 is 4.79 Å². The first-order valence-corrected chi connectivity index (χ1v) is 8.36. The maximum atomic E-state index is 12.4. The molecule has 0 saturated heterocycles. The zero-order valence-corrected chi connectivity index (χ0v) is 14.7. The number of carbonyl (C=O) groups is 1. The minimum atomic E-state index is -0.183. The number of amides is 1. The molecule has 5 nitrogen and oxygen atoms in total. The van der Waals surface area contributed by atoms with Crippen LogP contribution in [0.2, 0.25) is 0 Å². The smallest absolute Gasteiger partial charge is 0.272 e. The molecule has 0 aliphatic rings. The highest BCUT2D eigenvalue weighted by molar-refractivity contribution is 5.93. The molecule has 0 aliphatic carbocycles. The summed E-state index contributed by atoms with van der Waals surface area (Å²) in [5, 5.41) is 7.24. The SMILES string of the molecule is CC(C)c1ccc(-c2cc(C(=O)NCc3ccncc3)nn2C)cc1. The van der Waals surface area contributed by atoms with Crippen LogP contribution in [0.15, 0.2) is 54.9 Å². The summed E-state index contributed by atoms with van der Waals surface area (Å²) in [5.41, 5.74) is 4.68. The Balaban J connectivity index is 1.74. The topological polar surface area (TPSA) is 59.8 Å². The number of aryl methyl sites for hydroxylation is 1. The van der Waals surface area contributed by atoms with Crippen LogP contribution in [-0.2, 0) is 13.6 Å². The van der Waals surface area contributed by atoms with E-state index < -0.39 is 0 Å². The van der Waals surface area contributed by atoms with E-state index in [0.717, 1.165) is 16.8 Å². The van der Waals surface area contributed by atoms with Gasteiger partial charge in [0.25, 0.3) is 5.91 Å². The van der Waals surface area contributed by atoms with Gasteiger partial charge in [0.1, 0.15) is 0 Å². The van der Waals surface area contributed by atoms with Crippen molar-refractivity contribution in [3.8, 4) is 11.3 Å². The number of aromatic nitrogens is 3. The Hall–Kier alpha value is -2.95. The predicted octanol–water partition coefficient (Wildman–Crippen LogP) is 3.54. The zero-order valence-electron chi connectivity index (χ0n) is 14.7. The fourth-order valence-corrected chi connectivity index (χ4v) is 2.66. The van der Waals surface area contributed by atoms with Crippen molar-refractivity contribution in [2.45, 2.75) is 26.3 Å². The highest BCUT2D eigenvalue weighted by Gasteiger charge is 2.14. The molecule has 3 rings (SSSR count). The van der Waals surface area contributed by atoms with Crippen LogP contribution in [0, 0.1) is 0 Å². The van der Waals surface area contributed by atoms with Crippen molar-refractivity contribution in [1.82, 2.24) is 20.1 Å². The van der Waals surface area contributed by atoms with E-state index >= 15 is 0 Å². The highest BCUT2D eigenvalue weighted by Crippen LogP contribution is 2.23. The van der Waals surface area contributed by atoms with E-state index in [0.29, 0.717) is 18.2 Å². The summed E-state index contributed by atoms with van der Waals surface area (Å²) >= 11 is 0. The summed E-state index contributed by atoms with van der Waals surface area (Å²) < 4.78 is 1.74. The van der Waals surface area contributed by atoms with Gasteiger partial charge in [0.2, 0.25) is 0 Å². The summed E-state index contributed by atoms with van der Waals surface area (Å²) in [7, 11) is 1.85. The molecule has 5 heteroatoms. The first kappa shape index (κ1) is 16.9. The van der Waals surface area contributed by atoms with E-state index in [4.69, 9.17) is 0 Å². The van der Waals surface area contributed by atoms with Gasteiger partial charge in [0.05, 0.1) is 5.69 Å². The Bertz CT molecular complexity index is 851. The molecule has 0 fully saturated rings. The zero-order chi connectivity index (χ0) is 17.8. The molecule has 0 aliphatic heterocycles. The lowest BCUT2D eigenvalue weighted by Crippen LogP contribution is -2.23. The first-order chi connectivity index (χ1) is 12.0.